The minimum atomic E-state index is -0.449. The Kier molecular flexibility index (Phi) is 3.87. The van der Waals surface area contributed by atoms with Crippen molar-refractivity contribution >= 4 is 28.3 Å². The topological polar surface area (TPSA) is 81.8 Å². The van der Waals surface area contributed by atoms with E-state index in [1.54, 1.807) is 25.5 Å². The van der Waals surface area contributed by atoms with Gasteiger partial charge in [-0.3, -0.25) is 18.9 Å². The Morgan fingerprint density at radius 3 is 2.74 bits per heavy atom. The number of aromatic nitrogens is 4. The van der Waals surface area contributed by atoms with Crippen LogP contribution >= 0.6 is 11.6 Å². The van der Waals surface area contributed by atoms with Gasteiger partial charge >= 0.3 is 5.69 Å². The molecule has 0 aromatic carbocycles. The van der Waals surface area contributed by atoms with Crippen molar-refractivity contribution in [3.05, 3.63) is 62.1 Å². The largest absolute Gasteiger partial charge is 0.380 e. The number of anilines is 1. The molecule has 7 nitrogen and oxygen atoms in total. The molecule has 0 aliphatic heterocycles. The van der Waals surface area contributed by atoms with Crippen LogP contribution in [0, 0.1) is 0 Å². The molecule has 0 spiro atoms. The van der Waals surface area contributed by atoms with Gasteiger partial charge < -0.3 is 5.32 Å². The van der Waals surface area contributed by atoms with Crippen molar-refractivity contribution in [1.29, 1.82) is 0 Å². The summed E-state index contributed by atoms with van der Waals surface area (Å²) in [5.74, 6) is 0. The molecule has 0 aliphatic carbocycles. The van der Waals surface area contributed by atoms with Crippen LogP contribution in [0.25, 0.3) is 11.0 Å². The van der Waals surface area contributed by atoms with Gasteiger partial charge in [0.15, 0.2) is 5.65 Å². The number of hydrogen-bond acceptors (Lipinski definition) is 5. The van der Waals surface area contributed by atoms with Crippen LogP contribution < -0.4 is 16.6 Å². The smallest absolute Gasteiger partial charge is 0.332 e. The van der Waals surface area contributed by atoms with Gasteiger partial charge in [0.2, 0.25) is 0 Å². The lowest BCUT2D eigenvalue weighted by molar-refractivity contribution is 0.708. The number of halogens is 1. The summed E-state index contributed by atoms with van der Waals surface area (Å²) in [4.78, 5) is 32.6. The van der Waals surface area contributed by atoms with Crippen molar-refractivity contribution in [3.8, 4) is 0 Å². The van der Waals surface area contributed by atoms with Crippen LogP contribution in [0.4, 0.5) is 5.69 Å². The van der Waals surface area contributed by atoms with Crippen LogP contribution in [0.2, 0.25) is 5.15 Å². The fraction of sp³-hybridized carbons (Fsp3) is 0.200. The Hall–Kier alpha value is -2.67. The van der Waals surface area contributed by atoms with E-state index in [1.807, 2.05) is 12.1 Å². The number of fused-ring (bicyclic) bond motifs is 1. The second-order valence-corrected chi connectivity index (χ2v) is 5.50. The van der Waals surface area contributed by atoms with Gasteiger partial charge in [0.1, 0.15) is 10.5 Å². The van der Waals surface area contributed by atoms with Crippen LogP contribution in [0.3, 0.4) is 0 Å². The Bertz CT molecular complexity index is 995. The maximum atomic E-state index is 12.5. The first kappa shape index (κ1) is 15.2. The van der Waals surface area contributed by atoms with E-state index in [-0.39, 0.29) is 10.8 Å². The predicted octanol–water partition coefficient (Wildman–Crippen LogP) is 1.29. The SMILES string of the molecule is Cn1c(=O)c2c(NCc3cccnc3)cc(Cl)nc2n(C)c1=O. The number of pyridine rings is 2. The molecular weight excluding hydrogens is 318 g/mol. The molecule has 3 heterocycles. The summed E-state index contributed by atoms with van der Waals surface area (Å²) in [5.41, 5.74) is 0.867. The van der Waals surface area contributed by atoms with Crippen LogP contribution in [-0.2, 0) is 20.6 Å². The molecule has 8 heteroatoms. The van der Waals surface area contributed by atoms with Gasteiger partial charge in [0.25, 0.3) is 5.56 Å². The van der Waals surface area contributed by atoms with Gasteiger partial charge in [-0.15, -0.1) is 0 Å². The molecule has 0 unspecified atom stereocenters. The maximum absolute atomic E-state index is 12.5. The first-order chi connectivity index (χ1) is 11.0. The van der Waals surface area contributed by atoms with Gasteiger partial charge in [-0.25, -0.2) is 9.78 Å². The highest BCUT2D eigenvalue weighted by Gasteiger charge is 2.15. The highest BCUT2D eigenvalue weighted by atomic mass is 35.5. The number of aryl methyl sites for hydroxylation is 1. The first-order valence-electron chi connectivity index (χ1n) is 6.88. The molecule has 1 N–H and O–H groups in total. The quantitative estimate of drug-likeness (QED) is 0.731. The van der Waals surface area contributed by atoms with Crippen molar-refractivity contribution in [2.24, 2.45) is 14.1 Å². The Labute approximate surface area is 136 Å². The Morgan fingerprint density at radius 1 is 1.26 bits per heavy atom. The average Bonchev–Trinajstić information content (AvgIpc) is 2.56. The van der Waals surface area contributed by atoms with E-state index in [0.717, 1.165) is 10.1 Å². The molecule has 118 valence electrons. The number of rotatable bonds is 3. The van der Waals surface area contributed by atoms with Gasteiger partial charge in [-0.05, 0) is 17.7 Å². The van der Waals surface area contributed by atoms with E-state index in [4.69, 9.17) is 11.6 Å². The third-order valence-electron chi connectivity index (χ3n) is 3.58. The average molecular weight is 332 g/mol. The monoisotopic (exact) mass is 331 g/mol. The lowest BCUT2D eigenvalue weighted by Crippen LogP contribution is -2.37. The molecule has 0 saturated carbocycles. The van der Waals surface area contributed by atoms with Crippen LogP contribution in [0.1, 0.15) is 5.56 Å². The molecule has 0 bridgehead atoms. The molecule has 0 amide bonds. The summed E-state index contributed by atoms with van der Waals surface area (Å²) < 4.78 is 2.35. The van der Waals surface area contributed by atoms with E-state index >= 15 is 0 Å². The fourth-order valence-electron chi connectivity index (χ4n) is 2.36. The Morgan fingerprint density at radius 2 is 2.04 bits per heavy atom. The van der Waals surface area contributed by atoms with Crippen molar-refractivity contribution < 1.29 is 0 Å². The van der Waals surface area contributed by atoms with E-state index in [9.17, 15) is 9.59 Å². The lowest BCUT2D eigenvalue weighted by Gasteiger charge is -2.12. The highest BCUT2D eigenvalue weighted by molar-refractivity contribution is 6.30. The van der Waals surface area contributed by atoms with E-state index < -0.39 is 11.2 Å². The summed E-state index contributed by atoms with van der Waals surface area (Å²) in [6.45, 7) is 0.468. The summed E-state index contributed by atoms with van der Waals surface area (Å²) in [6, 6.07) is 5.32. The Balaban J connectivity index is 2.17. The van der Waals surface area contributed by atoms with Crippen molar-refractivity contribution in [3.63, 3.8) is 0 Å². The van der Waals surface area contributed by atoms with Crippen LogP contribution in [0.5, 0.6) is 0 Å². The summed E-state index contributed by atoms with van der Waals surface area (Å²) in [5, 5.41) is 3.69. The highest BCUT2D eigenvalue weighted by Crippen LogP contribution is 2.22. The molecule has 0 fully saturated rings. The summed E-state index contributed by atoms with van der Waals surface area (Å²) >= 11 is 6.03. The molecule has 0 radical (unpaired) electrons. The molecule has 23 heavy (non-hydrogen) atoms. The zero-order chi connectivity index (χ0) is 16.6. The van der Waals surface area contributed by atoms with E-state index in [1.165, 1.54) is 11.6 Å². The molecule has 0 saturated heterocycles. The second-order valence-electron chi connectivity index (χ2n) is 5.11. The lowest BCUT2D eigenvalue weighted by atomic mass is 10.2. The zero-order valence-corrected chi connectivity index (χ0v) is 13.3. The minimum Gasteiger partial charge on any atom is -0.380 e. The molecule has 0 aliphatic rings. The van der Waals surface area contributed by atoms with Gasteiger partial charge in [-0.1, -0.05) is 17.7 Å². The summed E-state index contributed by atoms with van der Waals surface area (Å²) in [6.07, 6.45) is 3.42. The zero-order valence-electron chi connectivity index (χ0n) is 12.6. The van der Waals surface area contributed by atoms with Crippen LogP contribution in [-0.4, -0.2) is 19.1 Å². The third-order valence-corrected chi connectivity index (χ3v) is 3.78. The minimum absolute atomic E-state index is 0.203. The van der Waals surface area contributed by atoms with Crippen molar-refractivity contribution in [2.75, 3.05) is 5.32 Å². The molecule has 3 aromatic rings. The molecule has 0 atom stereocenters. The number of hydrogen-bond donors (Lipinski definition) is 1. The van der Waals surface area contributed by atoms with Gasteiger partial charge in [0.05, 0.1) is 5.69 Å². The molecular formula is C15H14ClN5O2. The standard InChI is InChI=1S/C15H14ClN5O2/c1-20-13-12(14(22)21(2)15(20)23)10(6-11(16)19-13)18-8-9-4-3-5-17-7-9/h3-7H,8H2,1-2H3,(H,18,19). The predicted molar refractivity (Wildman–Crippen MR) is 88.8 cm³/mol. The summed E-state index contributed by atoms with van der Waals surface area (Å²) in [7, 11) is 2.99. The van der Waals surface area contributed by atoms with Gasteiger partial charge in [0, 0.05) is 33.0 Å². The van der Waals surface area contributed by atoms with Crippen molar-refractivity contribution in [1.82, 2.24) is 19.1 Å². The van der Waals surface area contributed by atoms with Gasteiger partial charge in [-0.2, -0.15) is 0 Å². The molecule has 3 aromatic heterocycles. The van der Waals surface area contributed by atoms with E-state index in [0.29, 0.717) is 17.6 Å². The van der Waals surface area contributed by atoms with Crippen molar-refractivity contribution in [2.45, 2.75) is 6.54 Å². The van der Waals surface area contributed by atoms with E-state index in [2.05, 4.69) is 15.3 Å². The first-order valence-corrected chi connectivity index (χ1v) is 7.26. The third kappa shape index (κ3) is 2.70. The maximum Gasteiger partial charge on any atom is 0.332 e. The van der Waals surface area contributed by atoms with Crippen LogP contribution in [0.15, 0.2) is 40.2 Å². The second kappa shape index (κ2) is 5.85. The fourth-order valence-corrected chi connectivity index (χ4v) is 2.55. The normalized spacial score (nSPS) is 10.9. The number of nitrogens with zero attached hydrogens (tertiary/aromatic N) is 4. The molecule has 3 rings (SSSR count). The number of nitrogens with one attached hydrogen (secondary N) is 1.